The van der Waals surface area contributed by atoms with Crippen LogP contribution in [0, 0.1) is 0 Å². The van der Waals surface area contributed by atoms with Gasteiger partial charge in [0.2, 0.25) is 10.9 Å². The lowest BCUT2D eigenvalue weighted by Crippen LogP contribution is -2.07. The van der Waals surface area contributed by atoms with Crippen LogP contribution in [0.15, 0.2) is 117 Å². The highest BCUT2D eigenvalue weighted by Gasteiger charge is 2.13. The molecule has 186 valence electrons. The zero-order valence-electron chi connectivity index (χ0n) is 21.3. The molecule has 4 heteroatoms. The molecule has 0 amide bonds. The monoisotopic (exact) mass is 498 g/mol. The molecule has 0 saturated carbocycles. The van der Waals surface area contributed by atoms with Crippen LogP contribution in [0.3, 0.4) is 0 Å². The molecule has 2 aromatic heterocycles. The third-order valence-electron chi connectivity index (χ3n) is 6.45. The zero-order chi connectivity index (χ0) is 26.8. The fourth-order valence-corrected chi connectivity index (χ4v) is 4.61. The standard InChI is InChI=1S/C32H20O4.C2H6/c1-3-23-27(4-2)35-29-14-12-21(17-25(29)31(23)33)19-8-7-9-20(16-19)22-13-15-30-26(18-22)32(34)24-10-5-6-11-28(24)36-30;1-2/h3-18H,1-2H2;1-2H3. The van der Waals surface area contributed by atoms with Gasteiger partial charge in [-0.1, -0.05) is 75.5 Å². The van der Waals surface area contributed by atoms with Gasteiger partial charge in [0.1, 0.15) is 22.5 Å². The molecule has 0 aliphatic heterocycles. The third-order valence-corrected chi connectivity index (χ3v) is 6.45. The zero-order valence-corrected chi connectivity index (χ0v) is 21.3. The molecule has 0 bridgehead atoms. The summed E-state index contributed by atoms with van der Waals surface area (Å²) >= 11 is 0. The molecule has 2 heterocycles. The van der Waals surface area contributed by atoms with Crippen molar-refractivity contribution in [2.45, 2.75) is 13.8 Å². The highest BCUT2D eigenvalue weighted by molar-refractivity contribution is 5.92. The Bertz CT molecular complexity index is 1970. The fraction of sp³-hybridized carbons (Fsp3) is 0.0588. The Morgan fingerprint density at radius 3 is 1.74 bits per heavy atom. The number of hydrogen-bond acceptors (Lipinski definition) is 4. The summed E-state index contributed by atoms with van der Waals surface area (Å²) < 4.78 is 11.8. The minimum absolute atomic E-state index is 0.0528. The summed E-state index contributed by atoms with van der Waals surface area (Å²) in [5.41, 5.74) is 5.48. The molecule has 0 N–H and O–H groups in total. The van der Waals surface area contributed by atoms with Crippen LogP contribution in [0.1, 0.15) is 25.2 Å². The maximum Gasteiger partial charge on any atom is 0.200 e. The summed E-state index contributed by atoms with van der Waals surface area (Å²) in [6, 6.07) is 26.4. The Labute approximate surface area is 219 Å². The van der Waals surface area contributed by atoms with Gasteiger partial charge in [0.15, 0.2) is 0 Å². The van der Waals surface area contributed by atoms with Gasteiger partial charge in [0.25, 0.3) is 0 Å². The molecule has 4 nitrogen and oxygen atoms in total. The van der Waals surface area contributed by atoms with Crippen molar-refractivity contribution < 1.29 is 8.83 Å². The number of hydrogen-bond donors (Lipinski definition) is 0. The van der Waals surface area contributed by atoms with E-state index in [0.29, 0.717) is 44.2 Å². The van der Waals surface area contributed by atoms with Gasteiger partial charge in [0.05, 0.1) is 21.7 Å². The first-order valence-corrected chi connectivity index (χ1v) is 12.5. The quantitative estimate of drug-likeness (QED) is 0.228. The minimum Gasteiger partial charge on any atom is -0.456 e. The second-order valence-electron chi connectivity index (χ2n) is 8.55. The summed E-state index contributed by atoms with van der Waals surface area (Å²) in [6.07, 6.45) is 3.01. The Kier molecular flexibility index (Phi) is 6.63. The maximum atomic E-state index is 13.1. The third kappa shape index (κ3) is 4.16. The van der Waals surface area contributed by atoms with Gasteiger partial charge in [-0.25, -0.2) is 0 Å². The lowest BCUT2D eigenvalue weighted by Gasteiger charge is -2.09. The van der Waals surface area contributed by atoms with E-state index < -0.39 is 0 Å². The van der Waals surface area contributed by atoms with E-state index in [1.165, 1.54) is 12.2 Å². The highest BCUT2D eigenvalue weighted by atomic mass is 16.3. The van der Waals surface area contributed by atoms with Gasteiger partial charge in [-0.15, -0.1) is 0 Å². The molecule has 0 spiro atoms. The van der Waals surface area contributed by atoms with Crippen molar-refractivity contribution in [3.8, 4) is 22.3 Å². The molecule has 4 aromatic carbocycles. The molecule has 0 unspecified atom stereocenters. The second kappa shape index (κ2) is 10.2. The van der Waals surface area contributed by atoms with Gasteiger partial charge in [0, 0.05) is 0 Å². The molecule has 38 heavy (non-hydrogen) atoms. The summed E-state index contributed by atoms with van der Waals surface area (Å²) in [4.78, 5) is 26.1. The van der Waals surface area contributed by atoms with Gasteiger partial charge in [-0.2, -0.15) is 0 Å². The number of benzene rings is 4. The van der Waals surface area contributed by atoms with Gasteiger partial charge in [-0.05, 0) is 70.8 Å². The van der Waals surface area contributed by atoms with Gasteiger partial charge >= 0.3 is 0 Å². The van der Waals surface area contributed by atoms with E-state index in [4.69, 9.17) is 8.83 Å². The fourth-order valence-electron chi connectivity index (χ4n) is 4.61. The van der Waals surface area contributed by atoms with Crippen molar-refractivity contribution in [2.24, 2.45) is 0 Å². The molecule has 0 atom stereocenters. The second-order valence-corrected chi connectivity index (χ2v) is 8.55. The molecule has 0 aliphatic carbocycles. The van der Waals surface area contributed by atoms with Crippen molar-refractivity contribution in [3.05, 3.63) is 130 Å². The van der Waals surface area contributed by atoms with Gasteiger partial charge in [-0.3, -0.25) is 9.59 Å². The van der Waals surface area contributed by atoms with E-state index >= 15 is 0 Å². The largest absolute Gasteiger partial charge is 0.456 e. The van der Waals surface area contributed by atoms with Crippen LogP contribution in [-0.4, -0.2) is 0 Å². The topological polar surface area (TPSA) is 60.4 Å². The summed E-state index contributed by atoms with van der Waals surface area (Å²) in [5, 5.41) is 1.58. The van der Waals surface area contributed by atoms with Crippen molar-refractivity contribution in [3.63, 3.8) is 0 Å². The predicted molar refractivity (Wildman–Crippen MR) is 158 cm³/mol. The first-order chi connectivity index (χ1) is 18.6. The first-order valence-electron chi connectivity index (χ1n) is 12.5. The van der Waals surface area contributed by atoms with Crippen molar-refractivity contribution in [1.29, 1.82) is 0 Å². The first kappa shape index (κ1) is 24.7. The highest BCUT2D eigenvalue weighted by Crippen LogP contribution is 2.30. The van der Waals surface area contributed by atoms with Gasteiger partial charge < -0.3 is 8.83 Å². The van der Waals surface area contributed by atoms with Crippen LogP contribution in [-0.2, 0) is 0 Å². The lowest BCUT2D eigenvalue weighted by molar-refractivity contribution is 0.589. The van der Waals surface area contributed by atoms with Crippen molar-refractivity contribution >= 4 is 45.1 Å². The van der Waals surface area contributed by atoms with E-state index in [1.54, 1.807) is 18.2 Å². The molecule has 0 radical (unpaired) electrons. The van der Waals surface area contributed by atoms with Crippen LogP contribution in [0.25, 0.3) is 67.3 Å². The van der Waals surface area contributed by atoms with Crippen molar-refractivity contribution in [2.75, 3.05) is 0 Å². The smallest absolute Gasteiger partial charge is 0.200 e. The predicted octanol–water partition coefficient (Wildman–Crippen LogP) is 8.70. The van der Waals surface area contributed by atoms with Crippen LogP contribution in [0.4, 0.5) is 0 Å². The lowest BCUT2D eigenvalue weighted by atomic mass is 9.97. The minimum atomic E-state index is -0.146. The van der Waals surface area contributed by atoms with Crippen LogP contribution in [0.2, 0.25) is 0 Å². The molecule has 0 saturated heterocycles. The molecular weight excluding hydrogens is 472 g/mol. The Balaban J connectivity index is 0.00000144. The maximum absolute atomic E-state index is 13.1. The summed E-state index contributed by atoms with van der Waals surface area (Å²) in [7, 11) is 0. The molecule has 6 rings (SSSR count). The van der Waals surface area contributed by atoms with Crippen molar-refractivity contribution in [1.82, 2.24) is 0 Å². The van der Waals surface area contributed by atoms with Crippen LogP contribution >= 0.6 is 0 Å². The number of para-hydroxylation sites is 1. The summed E-state index contributed by atoms with van der Waals surface area (Å²) in [5.74, 6) is 0.408. The SMILES string of the molecule is C=Cc1oc2ccc(-c3cccc(-c4ccc5oc6ccccc6c(=O)c5c4)c3)cc2c(=O)c1C=C.CC. The van der Waals surface area contributed by atoms with E-state index in [9.17, 15) is 9.59 Å². The number of fused-ring (bicyclic) bond motifs is 3. The Morgan fingerprint density at radius 2 is 1.11 bits per heavy atom. The van der Waals surface area contributed by atoms with E-state index in [1.807, 2.05) is 80.6 Å². The van der Waals surface area contributed by atoms with Crippen LogP contribution < -0.4 is 10.9 Å². The molecule has 0 aliphatic rings. The van der Waals surface area contributed by atoms with Crippen LogP contribution in [0.5, 0.6) is 0 Å². The average Bonchev–Trinajstić information content (AvgIpc) is 2.98. The average molecular weight is 499 g/mol. The normalized spacial score (nSPS) is 10.8. The molecule has 6 aromatic rings. The Hall–Kier alpha value is -4.96. The number of rotatable bonds is 4. The van der Waals surface area contributed by atoms with E-state index in [-0.39, 0.29) is 10.9 Å². The van der Waals surface area contributed by atoms with E-state index in [2.05, 4.69) is 13.2 Å². The summed E-state index contributed by atoms with van der Waals surface area (Å²) in [6.45, 7) is 11.5. The molecular formula is C34H26O4. The van der Waals surface area contributed by atoms with E-state index in [0.717, 1.165) is 22.3 Å². The molecule has 0 fully saturated rings. The Morgan fingerprint density at radius 1 is 0.553 bits per heavy atom.